The first kappa shape index (κ1) is 31.6. The van der Waals surface area contributed by atoms with Crippen LogP contribution in [0, 0.1) is 0 Å². The van der Waals surface area contributed by atoms with E-state index in [0.717, 1.165) is 24.2 Å². The van der Waals surface area contributed by atoms with E-state index in [9.17, 15) is 0 Å². The van der Waals surface area contributed by atoms with E-state index in [2.05, 4.69) is 126 Å². The molecule has 3 aromatic carbocycles. The Hall–Kier alpha value is -2.30. The Balaban J connectivity index is 2.06. The molecule has 0 fully saturated rings. The third-order valence-corrected chi connectivity index (χ3v) is 10.5. The maximum atomic E-state index is 7.08. The van der Waals surface area contributed by atoms with E-state index < -0.39 is 14.7 Å². The fourth-order valence-corrected chi connectivity index (χ4v) is 8.46. The Kier molecular flexibility index (Phi) is 11.0. The van der Waals surface area contributed by atoms with Crippen LogP contribution >= 0.6 is 10.0 Å². The van der Waals surface area contributed by atoms with Crippen LogP contribution in [0.5, 0.6) is 0 Å². The molecule has 0 spiro atoms. The minimum absolute atomic E-state index is 0.391. The molecule has 3 aromatic rings. The fraction of sp³-hybridized carbons (Fsp3) is 0.432. The van der Waals surface area contributed by atoms with Crippen LogP contribution in [0.15, 0.2) is 83.0 Å². The van der Waals surface area contributed by atoms with E-state index in [0.29, 0.717) is 23.7 Å². The third-order valence-electron chi connectivity index (χ3n) is 8.26. The van der Waals surface area contributed by atoms with E-state index in [1.165, 1.54) is 57.6 Å². The summed E-state index contributed by atoms with van der Waals surface area (Å²) < 4.78 is 2.55. The summed E-state index contributed by atoms with van der Waals surface area (Å²) in [4.78, 5) is 5.67. The van der Waals surface area contributed by atoms with E-state index in [4.69, 9.17) is 15.0 Å². The molecule has 1 aliphatic carbocycles. The molecule has 4 rings (SSSR count). The van der Waals surface area contributed by atoms with Crippen molar-refractivity contribution < 1.29 is 0 Å². The van der Waals surface area contributed by atoms with Crippen molar-refractivity contribution in [2.45, 2.75) is 105 Å². The van der Waals surface area contributed by atoms with E-state index in [1.54, 1.807) is 0 Å². The monoisotopic (exact) mass is 628 g/mol. The topological polar surface area (TPSA) is 15.6 Å². The van der Waals surface area contributed by atoms with Gasteiger partial charge in [0.05, 0.1) is 0 Å². The van der Waals surface area contributed by atoms with Crippen molar-refractivity contribution in [3.05, 3.63) is 106 Å². The number of aliphatic imine (C=N–C) groups is 1. The maximum absolute atomic E-state index is 7.08. The molecule has 0 bridgehead atoms. The minimum atomic E-state index is -0.934. The molecular formula is C37H47ClGeN2. The number of hydrogen-bond donors (Lipinski definition) is 0. The molecule has 0 atom stereocenters. The summed E-state index contributed by atoms with van der Waals surface area (Å²) >= 11 is -0.934. The van der Waals surface area contributed by atoms with E-state index >= 15 is 0 Å². The summed E-state index contributed by atoms with van der Waals surface area (Å²) in [7, 11) is 7.08. The zero-order valence-corrected chi connectivity index (χ0v) is 29.1. The Morgan fingerprint density at radius 1 is 0.659 bits per heavy atom. The van der Waals surface area contributed by atoms with Crippen molar-refractivity contribution >= 4 is 41.8 Å². The Morgan fingerprint density at radius 3 is 1.63 bits per heavy atom. The zero-order chi connectivity index (χ0) is 29.7. The van der Waals surface area contributed by atoms with Crippen molar-refractivity contribution in [1.82, 2.24) is 0 Å². The van der Waals surface area contributed by atoms with Crippen LogP contribution in [0.1, 0.15) is 133 Å². The average molecular weight is 628 g/mol. The van der Waals surface area contributed by atoms with Gasteiger partial charge in [0.1, 0.15) is 0 Å². The van der Waals surface area contributed by atoms with Crippen LogP contribution in [-0.2, 0) is 0 Å². The first-order chi connectivity index (χ1) is 19.6. The first-order valence-electron chi connectivity index (χ1n) is 15.4. The first-order valence-corrected chi connectivity index (χ1v) is 19.1. The van der Waals surface area contributed by atoms with Gasteiger partial charge in [-0.2, -0.15) is 0 Å². The average Bonchev–Trinajstić information content (AvgIpc) is 2.96. The molecule has 0 aliphatic heterocycles. The van der Waals surface area contributed by atoms with Crippen LogP contribution in [0.25, 0.3) is 0 Å². The molecule has 0 unspecified atom stereocenters. The molecule has 0 heterocycles. The summed E-state index contributed by atoms with van der Waals surface area (Å²) in [6, 6.07) is 24.4. The number of benzene rings is 3. The summed E-state index contributed by atoms with van der Waals surface area (Å²) in [5, 5.41) is 0. The number of anilines is 1. The van der Waals surface area contributed by atoms with Gasteiger partial charge in [0.25, 0.3) is 0 Å². The van der Waals surface area contributed by atoms with Crippen molar-refractivity contribution in [2.24, 2.45) is 4.99 Å². The molecule has 0 saturated carbocycles. The van der Waals surface area contributed by atoms with Gasteiger partial charge in [-0.3, -0.25) is 0 Å². The Bertz CT molecular complexity index is 1330. The molecule has 1 aliphatic rings. The van der Waals surface area contributed by atoms with Gasteiger partial charge in [-0.25, -0.2) is 0 Å². The summed E-state index contributed by atoms with van der Waals surface area (Å²) in [6.07, 6.45) is 4.40. The van der Waals surface area contributed by atoms with Crippen molar-refractivity contribution in [2.75, 3.05) is 3.86 Å². The Morgan fingerprint density at radius 2 is 1.15 bits per heavy atom. The van der Waals surface area contributed by atoms with Crippen LogP contribution in [0.3, 0.4) is 0 Å². The fourth-order valence-electron chi connectivity index (χ4n) is 6.04. The van der Waals surface area contributed by atoms with Gasteiger partial charge < -0.3 is 0 Å². The molecule has 0 N–H and O–H groups in total. The molecule has 41 heavy (non-hydrogen) atoms. The van der Waals surface area contributed by atoms with Gasteiger partial charge in [0.15, 0.2) is 0 Å². The van der Waals surface area contributed by atoms with Crippen molar-refractivity contribution in [1.29, 1.82) is 0 Å². The SMILES string of the molecule is CC(C)c1cccc(C(C)C)c1N=C(C1=C([N]([Ge][Cl])c2c(C(C)C)cccc2C(C)C)CCCC1)c1ccccc1. The summed E-state index contributed by atoms with van der Waals surface area (Å²) in [5.74, 6) is 1.62. The Labute approximate surface area is 260 Å². The predicted octanol–water partition coefficient (Wildman–Crippen LogP) is 11.4. The van der Waals surface area contributed by atoms with Gasteiger partial charge >= 0.3 is 261 Å². The van der Waals surface area contributed by atoms with Gasteiger partial charge in [-0.15, -0.1) is 0 Å². The summed E-state index contributed by atoms with van der Waals surface area (Å²) in [6.45, 7) is 18.3. The predicted molar refractivity (Wildman–Crippen MR) is 181 cm³/mol. The van der Waals surface area contributed by atoms with E-state index in [-0.39, 0.29) is 0 Å². The standard InChI is InChI=1S/C37H47ClGeN2/c1-24(2)29-19-14-20-30(25(3)4)36(29)40-35(28-16-10-9-11-17-28)33-18-12-13-23-34(33)41(39-38)37-31(26(5)6)21-15-22-32(37)27(7)8/h9-11,14-17,19-22,24-27H,12-13,18,23H2,1-8H3. The molecular weight excluding hydrogens is 580 g/mol. The summed E-state index contributed by atoms with van der Waals surface area (Å²) in [5.41, 5.74) is 13.0. The number of rotatable bonds is 10. The van der Waals surface area contributed by atoms with Gasteiger partial charge in [-0.05, 0) is 0 Å². The number of halogens is 1. The van der Waals surface area contributed by atoms with Crippen LogP contribution < -0.4 is 3.86 Å². The van der Waals surface area contributed by atoms with Crippen LogP contribution in [-0.4, -0.2) is 20.4 Å². The second-order valence-electron chi connectivity index (χ2n) is 12.6. The van der Waals surface area contributed by atoms with Crippen molar-refractivity contribution in [3.63, 3.8) is 0 Å². The normalized spacial score (nSPS) is 14.6. The van der Waals surface area contributed by atoms with Crippen LogP contribution in [0.2, 0.25) is 0 Å². The molecule has 0 aromatic heterocycles. The number of para-hydroxylation sites is 2. The molecule has 2 nitrogen and oxygen atoms in total. The van der Waals surface area contributed by atoms with Gasteiger partial charge in [0, 0.05) is 0 Å². The molecule has 4 heteroatoms. The van der Waals surface area contributed by atoms with Gasteiger partial charge in [-0.1, -0.05) is 0 Å². The quantitative estimate of drug-likeness (QED) is 0.161. The second kappa shape index (κ2) is 14.2. The molecule has 216 valence electrons. The number of allylic oxidation sites excluding steroid dienone is 2. The van der Waals surface area contributed by atoms with Crippen LogP contribution in [0.4, 0.5) is 11.4 Å². The molecule has 0 amide bonds. The number of nitrogens with zero attached hydrogens (tertiary/aromatic N) is 2. The molecule has 2 radical (unpaired) electrons. The van der Waals surface area contributed by atoms with E-state index in [1.807, 2.05) is 0 Å². The zero-order valence-electron chi connectivity index (χ0n) is 26.3. The number of hydrogen-bond acceptors (Lipinski definition) is 2. The third kappa shape index (κ3) is 7.03. The van der Waals surface area contributed by atoms with Crippen molar-refractivity contribution in [3.8, 4) is 0 Å². The van der Waals surface area contributed by atoms with Gasteiger partial charge in [0.2, 0.25) is 0 Å². The second-order valence-corrected chi connectivity index (χ2v) is 14.7. The molecule has 0 saturated heterocycles.